The van der Waals surface area contributed by atoms with Crippen LogP contribution in [0.5, 0.6) is 0 Å². The number of nitrogens with zero attached hydrogens (tertiary/aromatic N) is 1. The molecular formula is C12H12N2S. The zero-order valence-corrected chi connectivity index (χ0v) is 9.34. The summed E-state index contributed by atoms with van der Waals surface area (Å²) in [6.45, 7) is 1.99. The van der Waals surface area contributed by atoms with Gasteiger partial charge < -0.3 is 5.73 Å². The molecule has 15 heavy (non-hydrogen) atoms. The van der Waals surface area contributed by atoms with E-state index in [9.17, 15) is 0 Å². The van der Waals surface area contributed by atoms with Crippen LogP contribution in [0.25, 0.3) is 11.3 Å². The van der Waals surface area contributed by atoms with Crippen molar-refractivity contribution in [2.24, 2.45) is 5.73 Å². The average Bonchev–Trinajstić information content (AvgIpc) is 2.73. The molecular weight excluding hydrogens is 204 g/mol. The van der Waals surface area contributed by atoms with Crippen LogP contribution in [0.1, 0.15) is 28.4 Å². The summed E-state index contributed by atoms with van der Waals surface area (Å²) in [6.07, 6.45) is 1.02. The van der Waals surface area contributed by atoms with E-state index in [0.29, 0.717) is 0 Å². The van der Waals surface area contributed by atoms with Crippen molar-refractivity contribution in [3.8, 4) is 11.3 Å². The fourth-order valence-corrected chi connectivity index (χ4v) is 3.03. The first kappa shape index (κ1) is 9.07. The van der Waals surface area contributed by atoms with Crippen molar-refractivity contribution >= 4 is 11.3 Å². The van der Waals surface area contributed by atoms with Crippen LogP contribution in [0.4, 0.5) is 0 Å². The lowest BCUT2D eigenvalue weighted by atomic mass is 10.1. The molecule has 0 saturated carbocycles. The first-order valence-corrected chi connectivity index (χ1v) is 5.91. The summed E-state index contributed by atoms with van der Waals surface area (Å²) in [5.74, 6) is 0. The number of thiazole rings is 1. The van der Waals surface area contributed by atoms with Crippen LogP contribution in [-0.2, 0) is 6.42 Å². The molecule has 0 saturated heterocycles. The Labute approximate surface area is 92.8 Å². The lowest BCUT2D eigenvalue weighted by molar-refractivity contribution is 0.808. The van der Waals surface area contributed by atoms with Crippen molar-refractivity contribution in [1.82, 2.24) is 4.98 Å². The molecule has 1 aromatic heterocycles. The fraction of sp³-hybridized carbons (Fsp3) is 0.250. The van der Waals surface area contributed by atoms with Crippen LogP contribution in [0.2, 0.25) is 0 Å². The monoisotopic (exact) mass is 216 g/mol. The molecule has 3 heteroatoms. The van der Waals surface area contributed by atoms with Gasteiger partial charge in [0, 0.05) is 16.9 Å². The Balaban J connectivity index is 2.15. The summed E-state index contributed by atoms with van der Waals surface area (Å²) in [5.41, 5.74) is 9.68. The molecule has 1 heterocycles. The van der Waals surface area contributed by atoms with Crippen molar-refractivity contribution < 1.29 is 0 Å². The minimum atomic E-state index is 0.0489. The molecule has 1 aliphatic carbocycles. The number of hydrogen-bond donors (Lipinski definition) is 1. The second-order valence-corrected chi connectivity index (χ2v) is 5.06. The molecule has 1 aromatic carbocycles. The van der Waals surface area contributed by atoms with Gasteiger partial charge in [0.2, 0.25) is 0 Å². The number of hydrogen-bond acceptors (Lipinski definition) is 3. The smallest absolute Gasteiger partial charge is 0.110 e. The second kappa shape index (κ2) is 3.15. The number of rotatable bonds is 1. The molecule has 0 radical (unpaired) electrons. The molecule has 0 spiro atoms. The minimum absolute atomic E-state index is 0.0489. The van der Waals surface area contributed by atoms with Gasteiger partial charge in [0.25, 0.3) is 0 Å². The lowest BCUT2D eigenvalue weighted by Gasteiger charge is -2.00. The van der Waals surface area contributed by atoms with E-state index >= 15 is 0 Å². The molecule has 3 rings (SSSR count). The third kappa shape index (κ3) is 1.31. The minimum Gasteiger partial charge on any atom is -0.322 e. The van der Waals surface area contributed by atoms with Crippen LogP contribution in [-0.4, -0.2) is 4.98 Å². The van der Waals surface area contributed by atoms with Crippen LogP contribution in [0.15, 0.2) is 24.3 Å². The van der Waals surface area contributed by atoms with Gasteiger partial charge >= 0.3 is 0 Å². The summed E-state index contributed by atoms with van der Waals surface area (Å²) in [5, 5.41) is 1.05. The topological polar surface area (TPSA) is 38.9 Å². The standard InChI is InChI=1S/C12H12N2S/c1-7(13)12-14-11-9-5-3-2-4-8(9)6-10(11)15-12/h2-5,7H,6,13H2,1H3. The summed E-state index contributed by atoms with van der Waals surface area (Å²) in [7, 11) is 0. The van der Waals surface area contributed by atoms with Crippen LogP contribution in [0.3, 0.4) is 0 Å². The van der Waals surface area contributed by atoms with E-state index in [1.165, 1.54) is 16.0 Å². The van der Waals surface area contributed by atoms with Gasteiger partial charge in [-0.05, 0) is 12.5 Å². The Kier molecular flexibility index (Phi) is 1.90. The predicted octanol–water partition coefficient (Wildman–Crippen LogP) is 2.73. The summed E-state index contributed by atoms with van der Waals surface area (Å²) < 4.78 is 0. The molecule has 1 unspecified atom stereocenters. The molecule has 0 aliphatic heterocycles. The molecule has 0 fully saturated rings. The van der Waals surface area contributed by atoms with E-state index in [0.717, 1.165) is 17.1 Å². The highest BCUT2D eigenvalue weighted by molar-refractivity contribution is 7.12. The second-order valence-electron chi connectivity index (χ2n) is 3.95. The van der Waals surface area contributed by atoms with Gasteiger partial charge in [0.1, 0.15) is 5.01 Å². The number of benzene rings is 1. The van der Waals surface area contributed by atoms with Gasteiger partial charge in [-0.3, -0.25) is 0 Å². The Bertz CT molecular complexity index is 514. The molecule has 0 amide bonds. The van der Waals surface area contributed by atoms with E-state index in [2.05, 4.69) is 29.2 Å². The Hall–Kier alpha value is -1.19. The van der Waals surface area contributed by atoms with E-state index in [-0.39, 0.29) is 6.04 Å². The predicted molar refractivity (Wildman–Crippen MR) is 63.0 cm³/mol. The molecule has 1 atom stereocenters. The van der Waals surface area contributed by atoms with E-state index in [1.807, 2.05) is 6.92 Å². The van der Waals surface area contributed by atoms with Crippen molar-refractivity contribution in [3.63, 3.8) is 0 Å². The first-order valence-electron chi connectivity index (χ1n) is 5.09. The number of nitrogens with two attached hydrogens (primary N) is 1. The average molecular weight is 216 g/mol. The van der Waals surface area contributed by atoms with Crippen molar-refractivity contribution in [2.75, 3.05) is 0 Å². The molecule has 0 bridgehead atoms. The van der Waals surface area contributed by atoms with E-state index < -0.39 is 0 Å². The van der Waals surface area contributed by atoms with Gasteiger partial charge in [-0.2, -0.15) is 0 Å². The van der Waals surface area contributed by atoms with Crippen LogP contribution < -0.4 is 5.73 Å². The highest BCUT2D eigenvalue weighted by atomic mass is 32.1. The summed E-state index contributed by atoms with van der Waals surface area (Å²) >= 11 is 1.75. The molecule has 76 valence electrons. The SMILES string of the molecule is CC(N)c1nc2c(s1)Cc1ccccc1-2. The van der Waals surface area contributed by atoms with Gasteiger partial charge in [-0.15, -0.1) is 11.3 Å². The lowest BCUT2D eigenvalue weighted by Crippen LogP contribution is -2.04. The Morgan fingerprint density at radius 2 is 2.20 bits per heavy atom. The first-order chi connectivity index (χ1) is 7.25. The summed E-state index contributed by atoms with van der Waals surface area (Å²) in [4.78, 5) is 5.99. The highest BCUT2D eigenvalue weighted by Crippen LogP contribution is 2.40. The number of fused-ring (bicyclic) bond motifs is 3. The van der Waals surface area contributed by atoms with Crippen LogP contribution >= 0.6 is 11.3 Å². The molecule has 1 aliphatic rings. The van der Waals surface area contributed by atoms with Crippen LogP contribution in [0, 0.1) is 0 Å². The van der Waals surface area contributed by atoms with Gasteiger partial charge in [0.05, 0.1) is 11.7 Å². The van der Waals surface area contributed by atoms with E-state index in [4.69, 9.17) is 5.73 Å². The maximum absolute atomic E-state index is 5.84. The highest BCUT2D eigenvalue weighted by Gasteiger charge is 2.23. The zero-order valence-electron chi connectivity index (χ0n) is 8.53. The normalized spacial score (nSPS) is 14.8. The Morgan fingerprint density at radius 1 is 1.40 bits per heavy atom. The third-order valence-corrected chi connectivity index (χ3v) is 3.98. The van der Waals surface area contributed by atoms with E-state index in [1.54, 1.807) is 11.3 Å². The maximum Gasteiger partial charge on any atom is 0.110 e. The largest absolute Gasteiger partial charge is 0.322 e. The molecule has 2 N–H and O–H groups in total. The van der Waals surface area contributed by atoms with Crippen molar-refractivity contribution in [3.05, 3.63) is 39.7 Å². The number of aromatic nitrogens is 1. The van der Waals surface area contributed by atoms with Gasteiger partial charge in [0.15, 0.2) is 0 Å². The van der Waals surface area contributed by atoms with Gasteiger partial charge in [-0.1, -0.05) is 24.3 Å². The van der Waals surface area contributed by atoms with Crippen molar-refractivity contribution in [2.45, 2.75) is 19.4 Å². The zero-order chi connectivity index (χ0) is 10.4. The summed E-state index contributed by atoms with van der Waals surface area (Å²) in [6, 6.07) is 8.52. The third-order valence-electron chi connectivity index (χ3n) is 2.73. The molecule has 2 aromatic rings. The quantitative estimate of drug-likeness (QED) is 0.679. The Morgan fingerprint density at radius 3 is 3.00 bits per heavy atom. The maximum atomic E-state index is 5.84. The van der Waals surface area contributed by atoms with Crippen molar-refractivity contribution in [1.29, 1.82) is 0 Å². The van der Waals surface area contributed by atoms with Gasteiger partial charge in [-0.25, -0.2) is 4.98 Å². The molecule has 2 nitrogen and oxygen atoms in total. The fourth-order valence-electron chi connectivity index (χ4n) is 1.97.